The number of ketones is 1. The van der Waals surface area contributed by atoms with Crippen molar-refractivity contribution in [2.45, 2.75) is 97.4 Å². The molecule has 7 nitrogen and oxygen atoms in total. The van der Waals surface area contributed by atoms with Gasteiger partial charge in [0.15, 0.2) is 0 Å². The zero-order valence-corrected chi connectivity index (χ0v) is 25.4. The summed E-state index contributed by atoms with van der Waals surface area (Å²) in [5, 5.41) is 22.0. The lowest BCUT2D eigenvalue weighted by Gasteiger charge is -2.36. The number of carbonyl (C=O) groups is 3. The second-order valence-corrected chi connectivity index (χ2v) is 11.2. The Morgan fingerprint density at radius 3 is 2.55 bits per heavy atom. The van der Waals surface area contributed by atoms with Gasteiger partial charge in [0.2, 0.25) is 0 Å². The highest BCUT2D eigenvalue weighted by atomic mass is 127. The summed E-state index contributed by atoms with van der Waals surface area (Å²) < 4.78 is 13.0. The molecule has 0 saturated carbocycles. The van der Waals surface area contributed by atoms with Crippen molar-refractivity contribution in [3.8, 4) is 0 Å². The van der Waals surface area contributed by atoms with Crippen LogP contribution in [0.4, 0.5) is 0 Å². The van der Waals surface area contributed by atoms with E-state index in [2.05, 4.69) is 35.7 Å². The Balaban J connectivity index is 3.31. The number of hydrogen-bond acceptors (Lipinski definition) is 7. The number of carbonyl (C=O) groups excluding carboxylic acids is 3. The largest absolute Gasteiger partial charge is 0.461 e. The first-order valence-corrected chi connectivity index (χ1v) is 14.6. The number of aliphatic hydroxyl groups is 2. The summed E-state index contributed by atoms with van der Waals surface area (Å²) >= 11 is 2.09. The van der Waals surface area contributed by atoms with Crippen LogP contribution in [0.1, 0.15) is 79.1 Å². The van der Waals surface area contributed by atoms with Crippen molar-refractivity contribution in [1.82, 2.24) is 0 Å². The van der Waals surface area contributed by atoms with Gasteiger partial charge in [-0.05, 0) is 67.1 Å². The number of Topliss-reactive ketones (excluding diaryl/α,β-unsaturated/α-hetero) is 1. The summed E-state index contributed by atoms with van der Waals surface area (Å²) in [5.74, 6) is -2.16. The molecular formula is C30H45IO7. The van der Waals surface area contributed by atoms with E-state index in [9.17, 15) is 24.6 Å². The maximum absolute atomic E-state index is 13.5. The first-order chi connectivity index (χ1) is 17.9. The van der Waals surface area contributed by atoms with Crippen molar-refractivity contribution in [2.75, 3.05) is 6.61 Å². The number of rotatable bonds is 8. The maximum Gasteiger partial charge on any atom is 0.309 e. The van der Waals surface area contributed by atoms with Crippen molar-refractivity contribution in [3.63, 3.8) is 0 Å². The van der Waals surface area contributed by atoms with E-state index >= 15 is 0 Å². The second kappa shape index (κ2) is 17.0. The van der Waals surface area contributed by atoms with Gasteiger partial charge < -0.3 is 19.7 Å². The zero-order chi connectivity index (χ0) is 28.9. The van der Waals surface area contributed by atoms with E-state index < -0.39 is 35.6 Å². The molecule has 0 saturated heterocycles. The van der Waals surface area contributed by atoms with Gasteiger partial charge in [0.25, 0.3) is 0 Å². The van der Waals surface area contributed by atoms with Crippen molar-refractivity contribution in [1.29, 1.82) is 0 Å². The molecule has 0 spiro atoms. The molecule has 214 valence electrons. The summed E-state index contributed by atoms with van der Waals surface area (Å²) in [4.78, 5) is 38.5. The minimum absolute atomic E-state index is 0.133. The quantitative estimate of drug-likeness (QED) is 0.196. The highest BCUT2D eigenvalue weighted by Crippen LogP contribution is 2.36. The van der Waals surface area contributed by atoms with Crippen LogP contribution in [0.15, 0.2) is 46.6 Å². The van der Waals surface area contributed by atoms with Crippen molar-refractivity contribution < 1.29 is 34.1 Å². The molecule has 0 unspecified atom stereocenters. The number of hydrogen-bond donors (Lipinski definition) is 2. The Hall–Kier alpha value is -1.78. The van der Waals surface area contributed by atoms with Crippen LogP contribution in [0.2, 0.25) is 0 Å². The maximum atomic E-state index is 13.5. The van der Waals surface area contributed by atoms with E-state index in [4.69, 9.17) is 9.47 Å². The van der Waals surface area contributed by atoms with Crippen LogP contribution in [0.25, 0.3) is 0 Å². The molecule has 1 aliphatic heterocycles. The van der Waals surface area contributed by atoms with Gasteiger partial charge in [-0.2, -0.15) is 0 Å². The number of ether oxygens (including phenoxy) is 2. The standard InChI is InChI=1S/C30H45IO7/c1-7-9-13-26(33)37-19-23-12-10-11-20(3)28(35)22(5)29(36)30(6,16-8-2)25(32)17-27(34)38-24(15-14-23)21(4)18-31/h7-8,14,18,20,22,24-25,28,32,35H,1-2,9-13,15-17,19H2,3-6H3/b21-18+,23-14+/t20-,22+,24-,25-,28-,30+/m0/s1. The summed E-state index contributed by atoms with van der Waals surface area (Å²) in [7, 11) is 0. The third kappa shape index (κ3) is 10.4. The fraction of sp³-hybridized carbons (Fsp3) is 0.633. The van der Waals surface area contributed by atoms with Crippen molar-refractivity contribution in [2.24, 2.45) is 17.3 Å². The van der Waals surface area contributed by atoms with Gasteiger partial charge in [-0.3, -0.25) is 14.4 Å². The van der Waals surface area contributed by atoms with Crippen LogP contribution in [0.5, 0.6) is 0 Å². The molecule has 0 amide bonds. The molecule has 0 aliphatic carbocycles. The molecule has 0 bridgehead atoms. The first-order valence-electron chi connectivity index (χ1n) is 13.3. The monoisotopic (exact) mass is 644 g/mol. The van der Waals surface area contributed by atoms with Crippen LogP contribution in [-0.2, 0) is 23.9 Å². The third-order valence-corrected chi connectivity index (χ3v) is 8.42. The zero-order valence-electron chi connectivity index (χ0n) is 23.3. The first kappa shape index (κ1) is 34.2. The lowest BCUT2D eigenvalue weighted by atomic mass is 9.69. The van der Waals surface area contributed by atoms with E-state index in [0.29, 0.717) is 32.1 Å². The molecule has 6 atom stereocenters. The third-order valence-electron chi connectivity index (χ3n) is 7.44. The molecule has 0 aromatic rings. The Bertz CT molecular complexity index is 893. The lowest BCUT2D eigenvalue weighted by Crippen LogP contribution is -2.47. The van der Waals surface area contributed by atoms with Crippen LogP contribution in [0, 0.1) is 17.3 Å². The molecule has 0 fully saturated rings. The summed E-state index contributed by atoms with van der Waals surface area (Å²) in [6.45, 7) is 14.5. The second-order valence-electron chi connectivity index (χ2n) is 10.6. The molecule has 2 N–H and O–H groups in total. The predicted molar refractivity (Wildman–Crippen MR) is 157 cm³/mol. The Kier molecular flexibility index (Phi) is 15.3. The molecule has 1 aliphatic rings. The molecular weight excluding hydrogens is 599 g/mol. The van der Waals surface area contributed by atoms with E-state index in [1.165, 1.54) is 0 Å². The Morgan fingerprint density at radius 1 is 1.26 bits per heavy atom. The fourth-order valence-electron chi connectivity index (χ4n) is 4.65. The van der Waals surface area contributed by atoms with Crippen molar-refractivity contribution >= 4 is 40.3 Å². The number of allylic oxidation sites excluding steroid dienone is 2. The summed E-state index contributed by atoms with van der Waals surface area (Å²) in [5.41, 5.74) is 0.448. The van der Waals surface area contributed by atoms with Gasteiger partial charge >= 0.3 is 11.9 Å². The minimum atomic E-state index is -1.30. The van der Waals surface area contributed by atoms with E-state index in [0.717, 1.165) is 11.1 Å². The smallest absolute Gasteiger partial charge is 0.309 e. The van der Waals surface area contributed by atoms with Gasteiger partial charge in [0.1, 0.15) is 18.5 Å². The van der Waals surface area contributed by atoms with E-state index in [1.54, 1.807) is 26.0 Å². The van der Waals surface area contributed by atoms with E-state index in [1.807, 2.05) is 24.0 Å². The number of cyclic esters (lactones) is 1. The average molecular weight is 645 g/mol. The van der Waals surface area contributed by atoms with Gasteiger partial charge in [0.05, 0.1) is 24.0 Å². The lowest BCUT2D eigenvalue weighted by molar-refractivity contribution is -0.154. The van der Waals surface area contributed by atoms with Crippen LogP contribution < -0.4 is 0 Å². The SMILES string of the molecule is C=CCCC(=O)OC/C1=C/C[C@@H](/C(C)=C/I)OC(=O)C[C@H](O)[C@@](C)(CC=C)C(=O)[C@H](C)[C@@H](O)[C@@H](C)CCC1. The molecule has 1 heterocycles. The molecule has 0 radical (unpaired) electrons. The van der Waals surface area contributed by atoms with Gasteiger partial charge in [-0.1, -0.05) is 54.7 Å². The van der Waals surface area contributed by atoms with Crippen molar-refractivity contribution in [3.05, 3.63) is 46.6 Å². The summed E-state index contributed by atoms with van der Waals surface area (Å²) in [6.07, 6.45) is 5.38. The average Bonchev–Trinajstić information content (AvgIpc) is 2.89. The van der Waals surface area contributed by atoms with Crippen LogP contribution >= 0.6 is 22.6 Å². The van der Waals surface area contributed by atoms with Gasteiger partial charge in [0, 0.05) is 18.8 Å². The number of aliphatic hydroxyl groups excluding tert-OH is 2. The molecule has 1 rings (SSSR count). The normalized spacial score (nSPS) is 32.0. The Morgan fingerprint density at radius 2 is 1.95 bits per heavy atom. The van der Waals surface area contributed by atoms with Gasteiger partial charge in [-0.15, -0.1) is 13.2 Å². The van der Waals surface area contributed by atoms with Gasteiger partial charge in [-0.25, -0.2) is 0 Å². The van der Waals surface area contributed by atoms with E-state index in [-0.39, 0.29) is 43.5 Å². The fourth-order valence-corrected chi connectivity index (χ4v) is 5.05. The topological polar surface area (TPSA) is 110 Å². The highest BCUT2D eigenvalue weighted by Gasteiger charge is 2.45. The minimum Gasteiger partial charge on any atom is -0.461 e. The predicted octanol–water partition coefficient (Wildman–Crippen LogP) is 5.78. The highest BCUT2D eigenvalue weighted by molar-refractivity contribution is 14.1. The molecule has 0 aromatic heterocycles. The number of esters is 2. The summed E-state index contributed by atoms with van der Waals surface area (Å²) in [6, 6.07) is 0. The molecule has 0 aromatic carbocycles. The van der Waals surface area contributed by atoms with Crippen LogP contribution in [0.3, 0.4) is 0 Å². The molecule has 38 heavy (non-hydrogen) atoms. The molecule has 8 heteroatoms. The Labute approximate surface area is 241 Å². The number of halogens is 1. The van der Waals surface area contributed by atoms with Crippen LogP contribution in [-0.4, -0.2) is 52.9 Å².